The minimum Gasteiger partial charge on any atom is -0.495 e. The van der Waals surface area contributed by atoms with E-state index in [0.717, 1.165) is 11.1 Å². The van der Waals surface area contributed by atoms with E-state index in [0.29, 0.717) is 29.0 Å². The van der Waals surface area contributed by atoms with Gasteiger partial charge in [0.2, 0.25) is 5.91 Å². The molecule has 0 aliphatic heterocycles. The molecule has 0 aliphatic carbocycles. The summed E-state index contributed by atoms with van der Waals surface area (Å²) < 4.78 is 7.35. The first kappa shape index (κ1) is 21.6. The van der Waals surface area contributed by atoms with Gasteiger partial charge < -0.3 is 10.1 Å². The molecule has 8 heteroatoms. The number of hydrogen-bond acceptors (Lipinski definition) is 6. The summed E-state index contributed by atoms with van der Waals surface area (Å²) in [7, 11) is 1.58. The van der Waals surface area contributed by atoms with Crippen LogP contribution in [-0.4, -0.2) is 38.0 Å². The number of ether oxygens (including phenoxy) is 1. The van der Waals surface area contributed by atoms with Gasteiger partial charge in [-0.15, -0.1) is 10.2 Å². The molecule has 0 radical (unpaired) electrons. The summed E-state index contributed by atoms with van der Waals surface area (Å²) in [5.41, 5.74) is 2.62. The lowest BCUT2D eigenvalue weighted by Gasteiger charge is -2.15. The van der Waals surface area contributed by atoms with Crippen molar-refractivity contribution in [3.8, 4) is 17.1 Å². The highest BCUT2D eigenvalue weighted by Crippen LogP contribution is 2.29. The number of carbonyl (C=O) groups excluding carboxylic acids is 1. The van der Waals surface area contributed by atoms with E-state index in [1.165, 1.54) is 11.8 Å². The minimum absolute atomic E-state index is 0.142. The van der Waals surface area contributed by atoms with Crippen LogP contribution >= 0.6 is 11.8 Å². The molecule has 7 nitrogen and oxygen atoms in total. The molecule has 1 unspecified atom stereocenters. The van der Waals surface area contributed by atoms with Crippen molar-refractivity contribution in [1.29, 1.82) is 0 Å². The van der Waals surface area contributed by atoms with Crippen molar-refractivity contribution >= 4 is 23.4 Å². The monoisotopic (exact) mass is 445 g/mol. The number of rotatable bonds is 8. The van der Waals surface area contributed by atoms with Crippen LogP contribution < -0.4 is 10.1 Å². The van der Waals surface area contributed by atoms with Gasteiger partial charge >= 0.3 is 0 Å². The SMILES string of the molecule is COc1ccccc1NC(=O)C(C)Sc1nnc(-c2cccnc2)n1Cc1ccccc1. The van der Waals surface area contributed by atoms with Crippen LogP contribution in [0, 0.1) is 0 Å². The van der Waals surface area contributed by atoms with Gasteiger partial charge in [-0.25, -0.2) is 0 Å². The number of nitrogens with zero attached hydrogens (tertiary/aromatic N) is 4. The number of amides is 1. The average molecular weight is 446 g/mol. The maximum atomic E-state index is 12.9. The van der Waals surface area contributed by atoms with E-state index in [1.807, 2.05) is 66.1 Å². The summed E-state index contributed by atoms with van der Waals surface area (Å²) in [6.07, 6.45) is 3.49. The minimum atomic E-state index is -0.402. The lowest BCUT2D eigenvalue weighted by atomic mass is 10.2. The molecule has 4 aromatic rings. The van der Waals surface area contributed by atoms with Gasteiger partial charge in [-0.05, 0) is 36.8 Å². The van der Waals surface area contributed by atoms with E-state index in [1.54, 1.807) is 19.5 Å². The summed E-state index contributed by atoms with van der Waals surface area (Å²) in [4.78, 5) is 17.1. The normalized spacial score (nSPS) is 11.7. The number of benzene rings is 2. The highest BCUT2D eigenvalue weighted by molar-refractivity contribution is 8.00. The second-order valence-electron chi connectivity index (χ2n) is 7.07. The van der Waals surface area contributed by atoms with Crippen molar-refractivity contribution in [1.82, 2.24) is 19.7 Å². The summed E-state index contributed by atoms with van der Waals surface area (Å²) >= 11 is 1.36. The van der Waals surface area contributed by atoms with Gasteiger partial charge in [0, 0.05) is 18.0 Å². The third-order valence-electron chi connectivity index (χ3n) is 4.84. The molecule has 2 heterocycles. The van der Waals surface area contributed by atoms with Crippen LogP contribution in [0.5, 0.6) is 5.75 Å². The Morgan fingerprint density at radius 1 is 1.06 bits per heavy atom. The molecule has 0 bridgehead atoms. The first-order chi connectivity index (χ1) is 15.7. The summed E-state index contributed by atoms with van der Waals surface area (Å²) in [5, 5.41) is 12.0. The predicted molar refractivity (Wildman–Crippen MR) is 126 cm³/mol. The van der Waals surface area contributed by atoms with Crippen molar-refractivity contribution < 1.29 is 9.53 Å². The van der Waals surface area contributed by atoms with Gasteiger partial charge in [0.25, 0.3) is 0 Å². The Hall–Kier alpha value is -3.65. The third-order valence-corrected chi connectivity index (χ3v) is 5.92. The first-order valence-electron chi connectivity index (χ1n) is 10.1. The molecule has 162 valence electrons. The van der Waals surface area contributed by atoms with E-state index in [2.05, 4.69) is 32.6 Å². The van der Waals surface area contributed by atoms with Crippen LogP contribution in [0.3, 0.4) is 0 Å². The zero-order valence-electron chi connectivity index (χ0n) is 17.8. The Labute approximate surface area is 190 Å². The molecular formula is C24H23N5O2S. The molecule has 1 atom stereocenters. The van der Waals surface area contributed by atoms with Crippen molar-refractivity contribution in [3.05, 3.63) is 84.7 Å². The van der Waals surface area contributed by atoms with Crippen LogP contribution in [0.4, 0.5) is 5.69 Å². The molecule has 0 saturated heterocycles. The summed E-state index contributed by atoms with van der Waals surface area (Å²) in [5.74, 6) is 1.18. The highest BCUT2D eigenvalue weighted by Gasteiger charge is 2.22. The molecule has 4 rings (SSSR count). The zero-order chi connectivity index (χ0) is 22.3. The highest BCUT2D eigenvalue weighted by atomic mass is 32.2. The van der Waals surface area contributed by atoms with Crippen molar-refractivity contribution in [2.45, 2.75) is 23.9 Å². The lowest BCUT2D eigenvalue weighted by Crippen LogP contribution is -2.23. The Bertz CT molecular complexity index is 1180. The Morgan fingerprint density at radius 2 is 1.84 bits per heavy atom. The quantitative estimate of drug-likeness (QED) is 0.402. The second kappa shape index (κ2) is 10.1. The van der Waals surface area contributed by atoms with Crippen LogP contribution in [0.15, 0.2) is 84.3 Å². The van der Waals surface area contributed by atoms with E-state index in [9.17, 15) is 4.79 Å². The van der Waals surface area contributed by atoms with E-state index in [4.69, 9.17) is 4.74 Å². The number of hydrogen-bond donors (Lipinski definition) is 1. The number of aromatic nitrogens is 4. The number of thioether (sulfide) groups is 1. The Morgan fingerprint density at radius 3 is 2.59 bits per heavy atom. The van der Waals surface area contributed by atoms with Gasteiger partial charge in [-0.3, -0.25) is 14.3 Å². The maximum absolute atomic E-state index is 12.9. The topological polar surface area (TPSA) is 81.9 Å². The third kappa shape index (κ3) is 4.97. The standard InChI is InChI=1S/C24H23N5O2S/c1-17(23(30)26-20-12-6-7-13-21(20)31-2)32-24-28-27-22(19-11-8-14-25-15-19)29(24)16-18-9-4-3-5-10-18/h3-15,17H,16H2,1-2H3,(H,26,30). The van der Waals surface area contributed by atoms with Gasteiger partial charge in [0.15, 0.2) is 11.0 Å². The number of methoxy groups -OCH3 is 1. The number of pyridine rings is 1. The maximum Gasteiger partial charge on any atom is 0.237 e. The smallest absolute Gasteiger partial charge is 0.237 e. The fourth-order valence-electron chi connectivity index (χ4n) is 3.19. The zero-order valence-corrected chi connectivity index (χ0v) is 18.6. The van der Waals surface area contributed by atoms with E-state index < -0.39 is 5.25 Å². The largest absolute Gasteiger partial charge is 0.495 e. The molecule has 32 heavy (non-hydrogen) atoms. The number of carbonyl (C=O) groups is 1. The summed E-state index contributed by atoms with van der Waals surface area (Å²) in [6.45, 7) is 2.43. The van der Waals surface area contributed by atoms with Crippen LogP contribution in [0.1, 0.15) is 12.5 Å². The van der Waals surface area contributed by atoms with Gasteiger partial charge in [-0.2, -0.15) is 0 Å². The molecule has 0 fully saturated rings. The van der Waals surface area contributed by atoms with Gasteiger partial charge in [-0.1, -0.05) is 54.2 Å². The molecule has 0 aliphatic rings. The Kier molecular flexibility index (Phi) is 6.81. The number of anilines is 1. The molecule has 1 amide bonds. The van der Waals surface area contributed by atoms with Crippen LogP contribution in [0.2, 0.25) is 0 Å². The molecule has 1 N–H and O–H groups in total. The average Bonchev–Trinajstić information content (AvgIpc) is 3.22. The number of para-hydroxylation sites is 2. The molecule has 2 aromatic heterocycles. The van der Waals surface area contributed by atoms with E-state index in [-0.39, 0.29) is 5.91 Å². The van der Waals surface area contributed by atoms with Crippen LogP contribution in [-0.2, 0) is 11.3 Å². The molecule has 2 aromatic carbocycles. The molecule has 0 spiro atoms. The fourth-order valence-corrected chi connectivity index (χ4v) is 4.04. The lowest BCUT2D eigenvalue weighted by molar-refractivity contribution is -0.115. The first-order valence-corrected chi connectivity index (χ1v) is 11.0. The fraction of sp³-hybridized carbons (Fsp3) is 0.167. The van der Waals surface area contributed by atoms with Gasteiger partial charge in [0.05, 0.1) is 24.6 Å². The molecule has 0 saturated carbocycles. The van der Waals surface area contributed by atoms with E-state index >= 15 is 0 Å². The van der Waals surface area contributed by atoms with Gasteiger partial charge in [0.1, 0.15) is 5.75 Å². The Balaban J connectivity index is 1.58. The second-order valence-corrected chi connectivity index (χ2v) is 8.38. The van der Waals surface area contributed by atoms with Crippen LogP contribution in [0.25, 0.3) is 11.4 Å². The molecular weight excluding hydrogens is 422 g/mol. The predicted octanol–water partition coefficient (Wildman–Crippen LogP) is 4.52. The van der Waals surface area contributed by atoms with Crippen molar-refractivity contribution in [2.24, 2.45) is 0 Å². The van der Waals surface area contributed by atoms with Crippen molar-refractivity contribution in [3.63, 3.8) is 0 Å². The van der Waals surface area contributed by atoms with Crippen molar-refractivity contribution in [2.75, 3.05) is 12.4 Å². The summed E-state index contributed by atoms with van der Waals surface area (Å²) in [6, 6.07) is 21.2. The number of nitrogens with one attached hydrogen (secondary N) is 1.